The van der Waals surface area contributed by atoms with Gasteiger partial charge in [0.1, 0.15) is 23.6 Å². The highest BCUT2D eigenvalue weighted by Crippen LogP contribution is 2.29. The molecule has 8 heteroatoms. The molecule has 1 aliphatic rings. The highest BCUT2D eigenvalue weighted by molar-refractivity contribution is 5.94. The van der Waals surface area contributed by atoms with Gasteiger partial charge in [-0.25, -0.2) is 4.98 Å². The summed E-state index contributed by atoms with van der Waals surface area (Å²) in [6.45, 7) is 3.96. The number of aromatic nitrogens is 6. The van der Waals surface area contributed by atoms with E-state index in [-0.39, 0.29) is 0 Å². The van der Waals surface area contributed by atoms with Gasteiger partial charge >= 0.3 is 0 Å². The molecule has 0 aliphatic carbocycles. The van der Waals surface area contributed by atoms with Gasteiger partial charge in [-0.15, -0.1) is 0 Å². The first-order valence-electron chi connectivity index (χ1n) is 10.9. The summed E-state index contributed by atoms with van der Waals surface area (Å²) in [5, 5.41) is 8.68. The van der Waals surface area contributed by atoms with Gasteiger partial charge in [0.25, 0.3) is 0 Å². The summed E-state index contributed by atoms with van der Waals surface area (Å²) in [5.74, 6) is 0.763. The van der Waals surface area contributed by atoms with E-state index in [0.717, 1.165) is 56.9 Å². The normalized spacial score (nSPS) is 14.5. The highest BCUT2D eigenvalue weighted by atomic mass is 16.5. The Kier molecular flexibility index (Phi) is 4.77. The zero-order valence-electron chi connectivity index (χ0n) is 17.6. The smallest absolute Gasteiger partial charge is 0.138 e. The lowest BCUT2D eigenvalue weighted by molar-refractivity contribution is 0.237. The van der Waals surface area contributed by atoms with E-state index in [2.05, 4.69) is 36.1 Å². The lowest BCUT2D eigenvalue weighted by Crippen LogP contribution is -2.25. The standard InChI is InChI=1S/C24H23N7O/c1-2-8-31(7-1)9-10-32-18-11-17(13-26-14-18)19-3-4-20-23(28-19)24(30-29-20)21-12-16-5-6-25-15-22(16)27-21/h3-6,11-15,27H,1-2,7-10H2,(H,29,30). The second-order valence-electron chi connectivity index (χ2n) is 8.12. The molecule has 1 fully saturated rings. The molecule has 1 aliphatic heterocycles. The maximum absolute atomic E-state index is 5.97. The Bertz CT molecular complexity index is 1350. The molecule has 5 aromatic rings. The van der Waals surface area contributed by atoms with Crippen LogP contribution < -0.4 is 4.74 Å². The molecule has 0 amide bonds. The zero-order valence-corrected chi connectivity index (χ0v) is 17.6. The van der Waals surface area contributed by atoms with Crippen LogP contribution in [0.3, 0.4) is 0 Å². The van der Waals surface area contributed by atoms with Crippen LogP contribution in [0.2, 0.25) is 0 Å². The molecule has 1 saturated heterocycles. The number of aromatic amines is 2. The summed E-state index contributed by atoms with van der Waals surface area (Å²) < 4.78 is 5.97. The number of ether oxygens (including phenoxy) is 1. The summed E-state index contributed by atoms with van der Waals surface area (Å²) in [7, 11) is 0. The number of pyridine rings is 3. The quantitative estimate of drug-likeness (QED) is 0.426. The maximum Gasteiger partial charge on any atom is 0.138 e. The summed E-state index contributed by atoms with van der Waals surface area (Å²) in [4.78, 5) is 19.3. The van der Waals surface area contributed by atoms with Crippen LogP contribution in [0, 0.1) is 0 Å². The molecule has 2 N–H and O–H groups in total. The molecule has 0 atom stereocenters. The van der Waals surface area contributed by atoms with Gasteiger partial charge in [0.15, 0.2) is 0 Å². The summed E-state index contributed by atoms with van der Waals surface area (Å²) in [6, 6.07) is 10.0. The number of hydrogen-bond acceptors (Lipinski definition) is 6. The van der Waals surface area contributed by atoms with Crippen LogP contribution in [0.5, 0.6) is 5.75 Å². The van der Waals surface area contributed by atoms with Crippen molar-refractivity contribution in [2.24, 2.45) is 0 Å². The van der Waals surface area contributed by atoms with E-state index in [4.69, 9.17) is 9.72 Å². The van der Waals surface area contributed by atoms with Crippen LogP contribution in [0.4, 0.5) is 0 Å². The van der Waals surface area contributed by atoms with E-state index in [1.54, 1.807) is 12.4 Å². The molecule has 5 aromatic heterocycles. The highest BCUT2D eigenvalue weighted by Gasteiger charge is 2.14. The number of H-pyrrole nitrogens is 2. The van der Waals surface area contributed by atoms with Crippen LogP contribution in [0.15, 0.2) is 55.1 Å². The molecule has 32 heavy (non-hydrogen) atoms. The molecular formula is C24H23N7O. The second kappa shape index (κ2) is 8.05. The molecule has 6 heterocycles. The third kappa shape index (κ3) is 3.58. The minimum absolute atomic E-state index is 0.665. The van der Waals surface area contributed by atoms with Crippen molar-refractivity contribution in [2.45, 2.75) is 12.8 Å². The molecule has 0 aromatic carbocycles. The Balaban J connectivity index is 1.28. The average Bonchev–Trinajstić information content (AvgIpc) is 3.58. The van der Waals surface area contributed by atoms with Gasteiger partial charge in [-0.3, -0.25) is 20.0 Å². The Hall–Kier alpha value is -3.78. The first kappa shape index (κ1) is 18.9. The van der Waals surface area contributed by atoms with Gasteiger partial charge in [-0.2, -0.15) is 5.10 Å². The van der Waals surface area contributed by atoms with E-state index >= 15 is 0 Å². The van der Waals surface area contributed by atoms with Crippen molar-refractivity contribution in [1.82, 2.24) is 35.0 Å². The molecule has 8 nitrogen and oxygen atoms in total. The van der Waals surface area contributed by atoms with Crippen LogP contribution in [0.1, 0.15) is 12.8 Å². The Morgan fingerprint density at radius 2 is 1.91 bits per heavy atom. The first-order chi connectivity index (χ1) is 15.8. The van der Waals surface area contributed by atoms with E-state index < -0.39 is 0 Å². The number of rotatable bonds is 6. The summed E-state index contributed by atoms with van der Waals surface area (Å²) in [6.07, 6.45) is 9.75. The average molecular weight is 425 g/mol. The van der Waals surface area contributed by atoms with E-state index in [0.29, 0.717) is 6.61 Å². The van der Waals surface area contributed by atoms with E-state index in [1.807, 2.05) is 36.7 Å². The van der Waals surface area contributed by atoms with Crippen molar-refractivity contribution in [1.29, 1.82) is 0 Å². The SMILES string of the molecule is c1cc2cc(-c3n[nH]c4ccc(-c5cncc(OCCN6CCCC6)c5)nc34)[nH]c2cn1. The first-order valence-corrected chi connectivity index (χ1v) is 10.9. The molecule has 0 saturated carbocycles. The predicted octanol–water partition coefficient (Wildman–Crippen LogP) is 4.04. The van der Waals surface area contributed by atoms with E-state index in [9.17, 15) is 0 Å². The number of fused-ring (bicyclic) bond motifs is 2. The molecule has 0 radical (unpaired) electrons. The number of likely N-dealkylation sites (tertiary alicyclic amines) is 1. The number of nitrogens with zero attached hydrogens (tertiary/aromatic N) is 5. The Labute approximate surface area is 184 Å². The maximum atomic E-state index is 5.97. The molecule has 160 valence electrons. The van der Waals surface area contributed by atoms with Gasteiger partial charge in [0.2, 0.25) is 0 Å². The minimum Gasteiger partial charge on any atom is -0.491 e. The third-order valence-corrected chi connectivity index (χ3v) is 5.97. The van der Waals surface area contributed by atoms with Gasteiger partial charge < -0.3 is 9.72 Å². The Morgan fingerprint density at radius 1 is 0.969 bits per heavy atom. The monoisotopic (exact) mass is 425 g/mol. The van der Waals surface area contributed by atoms with Crippen LogP contribution in [-0.2, 0) is 0 Å². The molecular weight excluding hydrogens is 402 g/mol. The van der Waals surface area contributed by atoms with Crippen molar-refractivity contribution in [3.8, 4) is 28.4 Å². The Morgan fingerprint density at radius 3 is 2.81 bits per heavy atom. The lowest BCUT2D eigenvalue weighted by Gasteiger charge is -2.15. The molecule has 6 rings (SSSR count). The predicted molar refractivity (Wildman–Crippen MR) is 123 cm³/mol. The fraction of sp³-hybridized carbons (Fsp3) is 0.250. The topological polar surface area (TPSA) is 95.6 Å². The minimum atomic E-state index is 0.665. The van der Waals surface area contributed by atoms with Gasteiger partial charge in [0.05, 0.1) is 34.8 Å². The molecule has 0 spiro atoms. The van der Waals surface area contributed by atoms with Crippen LogP contribution in [-0.4, -0.2) is 61.3 Å². The van der Waals surface area contributed by atoms with Crippen molar-refractivity contribution in [3.05, 3.63) is 55.1 Å². The molecule has 0 bridgehead atoms. The summed E-state index contributed by atoms with van der Waals surface area (Å²) in [5.41, 5.74) is 6.09. The van der Waals surface area contributed by atoms with Gasteiger partial charge in [-0.05, 0) is 56.3 Å². The molecule has 0 unspecified atom stereocenters. The fourth-order valence-corrected chi connectivity index (χ4v) is 4.28. The van der Waals surface area contributed by atoms with Crippen molar-refractivity contribution in [3.63, 3.8) is 0 Å². The van der Waals surface area contributed by atoms with Gasteiger partial charge in [0, 0.05) is 29.9 Å². The fourth-order valence-electron chi connectivity index (χ4n) is 4.28. The van der Waals surface area contributed by atoms with E-state index in [1.165, 1.54) is 25.9 Å². The van der Waals surface area contributed by atoms with Crippen LogP contribution in [0.25, 0.3) is 44.6 Å². The number of hydrogen-bond donors (Lipinski definition) is 2. The van der Waals surface area contributed by atoms with Crippen LogP contribution >= 0.6 is 0 Å². The number of nitrogens with one attached hydrogen (secondary N) is 2. The second-order valence-corrected chi connectivity index (χ2v) is 8.12. The third-order valence-electron chi connectivity index (χ3n) is 5.97. The van der Waals surface area contributed by atoms with Crippen molar-refractivity contribution < 1.29 is 4.74 Å². The summed E-state index contributed by atoms with van der Waals surface area (Å²) >= 11 is 0. The lowest BCUT2D eigenvalue weighted by atomic mass is 10.1. The zero-order chi connectivity index (χ0) is 21.3. The van der Waals surface area contributed by atoms with Crippen molar-refractivity contribution in [2.75, 3.05) is 26.2 Å². The largest absolute Gasteiger partial charge is 0.491 e. The van der Waals surface area contributed by atoms with Crippen molar-refractivity contribution >= 4 is 21.9 Å². The van der Waals surface area contributed by atoms with Gasteiger partial charge in [-0.1, -0.05) is 0 Å².